The summed E-state index contributed by atoms with van der Waals surface area (Å²) in [4.78, 5) is 24.7. The minimum atomic E-state index is -0.851. The second-order valence-corrected chi connectivity index (χ2v) is 4.92. The summed E-state index contributed by atoms with van der Waals surface area (Å²) < 4.78 is 0. The van der Waals surface area contributed by atoms with E-state index in [1.165, 1.54) is 4.90 Å². The number of nitrogen functional groups attached to an aromatic ring is 1. The number of rotatable bonds is 3. The van der Waals surface area contributed by atoms with E-state index in [9.17, 15) is 14.7 Å². The largest absolute Gasteiger partial charge is 0.399 e. The Labute approximate surface area is 104 Å². The number of β-amino-alcohol motifs (C(OH)–C–C–N with tert-alkyl or cyclic N) is 1. The maximum atomic E-state index is 11.8. The molecule has 1 heterocycles. The molecule has 2 amide bonds. The number of hydrogen-bond acceptors (Lipinski definition) is 4. The van der Waals surface area contributed by atoms with Crippen LogP contribution in [-0.2, 0) is 9.59 Å². The Hall–Kier alpha value is -1.88. The van der Waals surface area contributed by atoms with Crippen molar-refractivity contribution in [3.05, 3.63) is 29.8 Å². The molecule has 0 aromatic heterocycles. The van der Waals surface area contributed by atoms with E-state index in [2.05, 4.69) is 0 Å². The van der Waals surface area contributed by atoms with Gasteiger partial charge in [0.05, 0.1) is 24.5 Å². The van der Waals surface area contributed by atoms with Gasteiger partial charge in [0.2, 0.25) is 11.8 Å². The number of carbonyl (C=O) groups excluding carboxylic acids is 2. The quantitative estimate of drug-likeness (QED) is 0.593. The highest BCUT2D eigenvalue weighted by molar-refractivity contribution is 6.08. The van der Waals surface area contributed by atoms with Crippen molar-refractivity contribution in [2.24, 2.45) is 11.8 Å². The highest BCUT2D eigenvalue weighted by Crippen LogP contribution is 2.47. The SMILES string of the molecule is Nc1ccc(C(O)CN2C(=O)C3CC3C2=O)cc1. The van der Waals surface area contributed by atoms with Crippen molar-refractivity contribution in [3.63, 3.8) is 0 Å². The minimum absolute atomic E-state index is 0.0363. The lowest BCUT2D eigenvalue weighted by atomic mass is 10.1. The van der Waals surface area contributed by atoms with Crippen LogP contribution in [0.25, 0.3) is 0 Å². The molecule has 3 unspecified atom stereocenters. The van der Waals surface area contributed by atoms with Crippen LogP contribution in [0.5, 0.6) is 0 Å². The van der Waals surface area contributed by atoms with Crippen LogP contribution in [0.3, 0.4) is 0 Å². The minimum Gasteiger partial charge on any atom is -0.399 e. The zero-order chi connectivity index (χ0) is 12.9. The molecule has 2 fully saturated rings. The third-order valence-corrected chi connectivity index (χ3v) is 3.63. The van der Waals surface area contributed by atoms with Gasteiger partial charge < -0.3 is 10.8 Å². The Bertz CT molecular complexity index is 491. The number of aliphatic hydroxyl groups is 1. The number of piperidine rings is 1. The lowest BCUT2D eigenvalue weighted by Gasteiger charge is -2.20. The van der Waals surface area contributed by atoms with Gasteiger partial charge in [-0.25, -0.2) is 0 Å². The fourth-order valence-corrected chi connectivity index (χ4v) is 2.43. The van der Waals surface area contributed by atoms with Crippen molar-refractivity contribution < 1.29 is 14.7 Å². The monoisotopic (exact) mass is 246 g/mol. The normalized spacial score (nSPS) is 27.3. The summed E-state index contributed by atoms with van der Waals surface area (Å²) in [7, 11) is 0. The summed E-state index contributed by atoms with van der Waals surface area (Å²) in [5.74, 6) is -0.508. The van der Waals surface area contributed by atoms with Gasteiger partial charge in [-0.15, -0.1) is 0 Å². The average molecular weight is 246 g/mol. The highest BCUT2D eigenvalue weighted by Gasteiger charge is 2.58. The molecule has 94 valence electrons. The van der Waals surface area contributed by atoms with Crippen LogP contribution in [0.15, 0.2) is 24.3 Å². The Morgan fingerprint density at radius 2 is 1.78 bits per heavy atom. The Morgan fingerprint density at radius 3 is 2.33 bits per heavy atom. The number of benzene rings is 1. The van der Waals surface area contributed by atoms with Crippen molar-refractivity contribution in [3.8, 4) is 0 Å². The molecule has 0 spiro atoms. The van der Waals surface area contributed by atoms with Gasteiger partial charge in [-0.1, -0.05) is 12.1 Å². The van der Waals surface area contributed by atoms with Gasteiger partial charge in [-0.05, 0) is 24.1 Å². The van der Waals surface area contributed by atoms with E-state index in [0.717, 1.165) is 0 Å². The summed E-state index contributed by atoms with van der Waals surface area (Å²) in [5, 5.41) is 10.0. The number of hydrogen-bond donors (Lipinski definition) is 2. The first-order chi connectivity index (χ1) is 8.58. The molecular weight excluding hydrogens is 232 g/mol. The first-order valence-corrected chi connectivity index (χ1v) is 5.96. The third-order valence-electron chi connectivity index (χ3n) is 3.63. The fraction of sp³-hybridized carbons (Fsp3) is 0.385. The van der Waals surface area contributed by atoms with Crippen LogP contribution in [0.4, 0.5) is 5.69 Å². The number of aliphatic hydroxyl groups excluding tert-OH is 1. The summed E-state index contributed by atoms with van der Waals surface area (Å²) in [5.41, 5.74) is 6.83. The molecule has 0 bridgehead atoms. The molecule has 1 aromatic rings. The van der Waals surface area contributed by atoms with E-state index in [4.69, 9.17) is 5.73 Å². The van der Waals surface area contributed by atoms with E-state index in [-0.39, 0.29) is 30.2 Å². The number of amides is 2. The van der Waals surface area contributed by atoms with Gasteiger partial charge in [-0.2, -0.15) is 0 Å². The first kappa shape index (κ1) is 11.2. The molecule has 1 aromatic carbocycles. The summed E-state index contributed by atoms with van der Waals surface area (Å²) in [6.45, 7) is 0.0363. The number of carbonyl (C=O) groups is 2. The lowest BCUT2D eigenvalue weighted by Crippen LogP contribution is -2.36. The molecule has 18 heavy (non-hydrogen) atoms. The first-order valence-electron chi connectivity index (χ1n) is 5.96. The van der Waals surface area contributed by atoms with E-state index in [1.807, 2.05) is 0 Å². The Balaban J connectivity index is 1.71. The predicted molar refractivity (Wildman–Crippen MR) is 64.1 cm³/mol. The van der Waals surface area contributed by atoms with Crippen LogP contribution >= 0.6 is 0 Å². The van der Waals surface area contributed by atoms with Gasteiger partial charge >= 0.3 is 0 Å². The van der Waals surface area contributed by atoms with Gasteiger partial charge in [0.15, 0.2) is 0 Å². The van der Waals surface area contributed by atoms with Crippen LogP contribution < -0.4 is 5.73 Å². The second-order valence-electron chi connectivity index (χ2n) is 4.92. The van der Waals surface area contributed by atoms with E-state index < -0.39 is 6.10 Å². The summed E-state index contributed by atoms with van der Waals surface area (Å²) >= 11 is 0. The van der Waals surface area contributed by atoms with Gasteiger partial charge in [0.1, 0.15) is 0 Å². The Morgan fingerprint density at radius 1 is 1.22 bits per heavy atom. The van der Waals surface area contributed by atoms with Crippen LogP contribution in [0.1, 0.15) is 18.1 Å². The number of anilines is 1. The van der Waals surface area contributed by atoms with E-state index in [0.29, 0.717) is 17.7 Å². The molecule has 1 aliphatic carbocycles. The third kappa shape index (κ3) is 1.67. The van der Waals surface area contributed by atoms with Crippen molar-refractivity contribution in [1.29, 1.82) is 0 Å². The number of likely N-dealkylation sites (tertiary alicyclic amines) is 1. The zero-order valence-electron chi connectivity index (χ0n) is 9.74. The van der Waals surface area contributed by atoms with Crippen LogP contribution in [-0.4, -0.2) is 28.4 Å². The molecule has 3 atom stereocenters. The molecule has 1 aliphatic heterocycles. The zero-order valence-corrected chi connectivity index (χ0v) is 9.74. The van der Waals surface area contributed by atoms with Crippen molar-refractivity contribution in [1.82, 2.24) is 4.90 Å². The second kappa shape index (κ2) is 3.81. The standard InChI is InChI=1S/C13H14N2O3/c14-8-3-1-7(2-4-8)11(16)6-15-12(17)9-5-10(9)13(15)18/h1-4,9-11,16H,5-6,14H2. The van der Waals surface area contributed by atoms with Gasteiger partial charge in [-0.3, -0.25) is 14.5 Å². The average Bonchev–Trinajstić information content (AvgIpc) is 3.10. The molecule has 1 saturated carbocycles. The van der Waals surface area contributed by atoms with Crippen LogP contribution in [0.2, 0.25) is 0 Å². The maximum absolute atomic E-state index is 11.8. The number of nitrogens with zero attached hydrogens (tertiary/aromatic N) is 1. The predicted octanol–water partition coefficient (Wildman–Crippen LogP) is 0.307. The van der Waals surface area contributed by atoms with Gasteiger partial charge in [0.25, 0.3) is 0 Å². The van der Waals surface area contributed by atoms with E-state index in [1.54, 1.807) is 24.3 Å². The molecule has 3 N–H and O–H groups in total. The van der Waals surface area contributed by atoms with Crippen molar-refractivity contribution >= 4 is 17.5 Å². The number of nitrogens with two attached hydrogens (primary N) is 1. The number of fused-ring (bicyclic) bond motifs is 1. The summed E-state index contributed by atoms with van der Waals surface area (Å²) in [6.07, 6.45) is -0.164. The maximum Gasteiger partial charge on any atom is 0.233 e. The topological polar surface area (TPSA) is 83.6 Å². The highest BCUT2D eigenvalue weighted by atomic mass is 16.3. The number of imide groups is 1. The smallest absolute Gasteiger partial charge is 0.233 e. The Kier molecular flexibility index (Phi) is 2.38. The molecule has 1 saturated heterocycles. The molecule has 3 rings (SSSR count). The fourth-order valence-electron chi connectivity index (χ4n) is 2.43. The molecular formula is C13H14N2O3. The van der Waals surface area contributed by atoms with Crippen LogP contribution in [0, 0.1) is 11.8 Å². The molecule has 0 radical (unpaired) electrons. The summed E-state index contributed by atoms with van der Waals surface area (Å²) in [6, 6.07) is 6.77. The lowest BCUT2D eigenvalue weighted by molar-refractivity contribution is -0.143. The van der Waals surface area contributed by atoms with Gasteiger partial charge in [0, 0.05) is 5.69 Å². The van der Waals surface area contributed by atoms with Crippen molar-refractivity contribution in [2.75, 3.05) is 12.3 Å². The molecule has 2 aliphatic rings. The molecule has 5 heteroatoms. The van der Waals surface area contributed by atoms with Crippen molar-refractivity contribution in [2.45, 2.75) is 12.5 Å². The van der Waals surface area contributed by atoms with E-state index >= 15 is 0 Å². The molecule has 5 nitrogen and oxygen atoms in total.